The van der Waals surface area contributed by atoms with Crippen molar-refractivity contribution in [1.29, 1.82) is 0 Å². The number of hydrogen-bond acceptors (Lipinski definition) is 2. The summed E-state index contributed by atoms with van der Waals surface area (Å²) in [5, 5.41) is 0. The zero-order valence-corrected chi connectivity index (χ0v) is 3.94. The predicted octanol–water partition coefficient (Wildman–Crippen LogP) is -1.10. The van der Waals surface area contributed by atoms with E-state index in [1.54, 1.807) is 0 Å². The summed E-state index contributed by atoms with van der Waals surface area (Å²) >= 11 is -2.54. The van der Waals surface area contributed by atoms with Crippen LogP contribution < -0.4 is 4.19 Å². The van der Waals surface area contributed by atoms with Crippen LogP contribution in [0.4, 0.5) is 0 Å². The first-order valence-electron chi connectivity index (χ1n) is 0.742. The van der Waals surface area contributed by atoms with Crippen LogP contribution >= 0.6 is 0 Å². The Balaban J connectivity index is 2.80. The molecule has 0 aliphatic rings. The molecule has 1 unspecified atom stereocenters. The quantitative estimate of drug-likeness (QED) is 0.386. The van der Waals surface area contributed by atoms with Gasteiger partial charge in [-0.15, -0.1) is 0 Å². The van der Waals surface area contributed by atoms with Gasteiger partial charge >= 0.3 is 28.0 Å². The van der Waals surface area contributed by atoms with Gasteiger partial charge in [-0.1, -0.05) is 0 Å². The Kier molecular flexibility index (Phi) is 1.70. The topological polar surface area (TPSA) is 40.1 Å². The van der Waals surface area contributed by atoms with Crippen molar-refractivity contribution in [2.45, 2.75) is 5.82 Å². The van der Waals surface area contributed by atoms with Crippen molar-refractivity contribution >= 4 is 14.2 Å². The third-order valence-corrected chi connectivity index (χ3v) is 0. The van der Waals surface area contributed by atoms with Crippen LogP contribution in [0.15, 0.2) is 0 Å². The van der Waals surface area contributed by atoms with E-state index < -0.39 is 14.2 Å². The maximum absolute atomic E-state index is 9.10. The van der Waals surface area contributed by atoms with E-state index in [0.29, 0.717) is 0 Å². The van der Waals surface area contributed by atoms with Crippen LogP contribution in [0.2, 0.25) is 5.82 Å². The fraction of sp³-hybridized carbons (Fsp3) is 1.00. The molecule has 0 aromatic heterocycles. The molecule has 0 aromatic rings. The van der Waals surface area contributed by atoms with Gasteiger partial charge in [0.25, 0.3) is 0 Å². The van der Waals surface area contributed by atoms with Crippen LogP contribution in [0.3, 0.4) is 0 Å². The number of rotatable bonds is 0. The summed E-state index contributed by atoms with van der Waals surface area (Å²) in [6, 6.07) is 0. The first-order chi connectivity index (χ1) is 1.73. The molecule has 0 bridgehead atoms. The van der Waals surface area contributed by atoms with E-state index in [-0.39, 0.29) is 0 Å². The maximum atomic E-state index is 9.10. The Bertz CT molecular complexity index is 29.0. The van der Waals surface area contributed by atoms with Crippen LogP contribution in [0.1, 0.15) is 0 Å². The SMILES string of the molecule is C[Se](=O)[O-]. The number of hydrogen-bond donors (Lipinski definition) is 0. The van der Waals surface area contributed by atoms with Gasteiger partial charge in [0.1, 0.15) is 0 Å². The second-order valence-electron chi connectivity index (χ2n) is 0.401. The Morgan fingerprint density at radius 1 is 2.00 bits per heavy atom. The molecule has 0 aromatic carbocycles. The summed E-state index contributed by atoms with van der Waals surface area (Å²) in [5.74, 6) is 1.18. The minimum absolute atomic E-state index is 1.18. The Labute approximate surface area is 28.9 Å². The molecule has 0 rings (SSSR count). The van der Waals surface area contributed by atoms with E-state index in [1.165, 1.54) is 5.82 Å². The Hall–Kier alpha value is 0.279. The molecule has 1 atom stereocenters. The summed E-state index contributed by atoms with van der Waals surface area (Å²) in [4.78, 5) is 0. The van der Waals surface area contributed by atoms with Gasteiger partial charge in [0.2, 0.25) is 0 Å². The summed E-state index contributed by atoms with van der Waals surface area (Å²) in [7, 11) is 0. The minimum atomic E-state index is -2.54. The molecule has 3 heteroatoms. The molecular weight excluding hydrogens is 123 g/mol. The average Bonchev–Trinajstić information content (AvgIpc) is 0.811. The molecule has 0 aliphatic carbocycles. The molecule has 0 saturated carbocycles. The third-order valence-electron chi connectivity index (χ3n) is 0. The summed E-state index contributed by atoms with van der Waals surface area (Å²) in [6.45, 7) is 0. The van der Waals surface area contributed by atoms with Gasteiger partial charge in [-0.3, -0.25) is 0 Å². The monoisotopic (exact) mass is 127 g/mol. The van der Waals surface area contributed by atoms with Crippen molar-refractivity contribution in [3.05, 3.63) is 0 Å². The van der Waals surface area contributed by atoms with E-state index in [4.69, 9.17) is 8.02 Å². The van der Waals surface area contributed by atoms with Crippen molar-refractivity contribution in [2.75, 3.05) is 0 Å². The molecule has 0 amide bonds. The van der Waals surface area contributed by atoms with E-state index in [0.717, 1.165) is 0 Å². The second kappa shape index (κ2) is 1.58. The predicted molar refractivity (Wildman–Crippen MR) is 12.3 cm³/mol. The van der Waals surface area contributed by atoms with Crippen molar-refractivity contribution in [3.8, 4) is 0 Å². The summed E-state index contributed by atoms with van der Waals surface area (Å²) in [5.41, 5.74) is 0. The molecule has 0 fully saturated rings. The van der Waals surface area contributed by atoms with Crippen LogP contribution in [-0.2, 0) is 3.83 Å². The van der Waals surface area contributed by atoms with Gasteiger partial charge in [0, 0.05) is 0 Å². The second-order valence-corrected chi connectivity index (χ2v) is 2.09. The van der Waals surface area contributed by atoms with Crippen LogP contribution in [0.5, 0.6) is 0 Å². The molecule has 4 heavy (non-hydrogen) atoms. The van der Waals surface area contributed by atoms with E-state index in [9.17, 15) is 0 Å². The summed E-state index contributed by atoms with van der Waals surface area (Å²) in [6.07, 6.45) is 0. The van der Waals surface area contributed by atoms with Crippen LogP contribution in [-0.4, -0.2) is 14.2 Å². The molecule has 0 N–H and O–H groups in total. The van der Waals surface area contributed by atoms with Gasteiger partial charge in [-0.2, -0.15) is 0 Å². The standard InChI is InChI=1S/CH4O2Se/c1-4(2)3/h1H3,(H,2,3)/p-1. The van der Waals surface area contributed by atoms with Gasteiger partial charge in [-0.05, 0) is 0 Å². The average molecular weight is 126 g/mol. The van der Waals surface area contributed by atoms with Crippen LogP contribution in [0, 0.1) is 0 Å². The van der Waals surface area contributed by atoms with Crippen LogP contribution in [0.25, 0.3) is 0 Å². The zero-order valence-electron chi connectivity index (χ0n) is 2.22. The zero-order chi connectivity index (χ0) is 3.58. The normalized spacial score (nSPS) is 15.5. The molecular formula is CH3O2Se-. The molecule has 2 nitrogen and oxygen atoms in total. The van der Waals surface area contributed by atoms with Gasteiger partial charge < -0.3 is 0 Å². The Morgan fingerprint density at radius 2 is 2.00 bits per heavy atom. The van der Waals surface area contributed by atoms with Gasteiger partial charge in [-0.25, -0.2) is 0 Å². The first-order valence-corrected chi connectivity index (χ1v) is 3.85. The molecule has 0 radical (unpaired) electrons. The fourth-order valence-corrected chi connectivity index (χ4v) is 0. The first kappa shape index (κ1) is 4.28. The van der Waals surface area contributed by atoms with Crippen molar-refractivity contribution in [1.82, 2.24) is 0 Å². The van der Waals surface area contributed by atoms with Crippen molar-refractivity contribution in [3.63, 3.8) is 0 Å². The molecule has 0 spiro atoms. The van der Waals surface area contributed by atoms with E-state index in [2.05, 4.69) is 0 Å². The van der Waals surface area contributed by atoms with Gasteiger partial charge in [0.15, 0.2) is 0 Å². The van der Waals surface area contributed by atoms with Crippen molar-refractivity contribution < 1.29 is 8.02 Å². The van der Waals surface area contributed by atoms with Gasteiger partial charge in [0.05, 0.1) is 0 Å². The molecule has 0 aliphatic heterocycles. The van der Waals surface area contributed by atoms with E-state index in [1.807, 2.05) is 0 Å². The third kappa shape index (κ3) is 47.8. The molecule has 0 saturated heterocycles. The summed E-state index contributed by atoms with van der Waals surface area (Å²) < 4.78 is 18.2. The van der Waals surface area contributed by atoms with E-state index >= 15 is 0 Å². The molecule has 0 heterocycles. The fourth-order valence-electron chi connectivity index (χ4n) is 0. The van der Waals surface area contributed by atoms with Crippen molar-refractivity contribution in [2.24, 2.45) is 0 Å². The molecule has 26 valence electrons. The Morgan fingerprint density at radius 3 is 2.00 bits per heavy atom.